The lowest BCUT2D eigenvalue weighted by Crippen LogP contribution is -2.03. The summed E-state index contributed by atoms with van der Waals surface area (Å²) in [5.41, 5.74) is 5.56. The smallest absolute Gasteiger partial charge is 0.115 e. The Kier molecular flexibility index (Phi) is 3.62. The summed E-state index contributed by atoms with van der Waals surface area (Å²) in [6, 6.07) is 16.0. The molecule has 4 rings (SSSR count). The first kappa shape index (κ1) is 15.0. The summed E-state index contributed by atoms with van der Waals surface area (Å²) < 4.78 is 2.10. The molecule has 2 aromatic heterocycles. The number of fused-ring (bicyclic) bond motifs is 1. The minimum Gasteiger partial charge on any atom is -0.508 e. The van der Waals surface area contributed by atoms with E-state index < -0.39 is 0 Å². The molecule has 120 valence electrons. The minimum absolute atomic E-state index is 0.262. The molecule has 0 saturated heterocycles. The summed E-state index contributed by atoms with van der Waals surface area (Å²) in [4.78, 5) is 0. The van der Waals surface area contributed by atoms with Crippen LogP contribution in [0.3, 0.4) is 0 Å². The zero-order valence-corrected chi connectivity index (χ0v) is 14.4. The predicted molar refractivity (Wildman–Crippen MR) is 101 cm³/mol. The van der Waals surface area contributed by atoms with Gasteiger partial charge in [0.25, 0.3) is 0 Å². The Balaban J connectivity index is 2.03. The Morgan fingerprint density at radius 1 is 1.00 bits per heavy atom. The largest absolute Gasteiger partial charge is 0.508 e. The van der Waals surface area contributed by atoms with E-state index in [1.54, 1.807) is 23.5 Å². The van der Waals surface area contributed by atoms with Crippen molar-refractivity contribution in [1.29, 1.82) is 0 Å². The Hall–Kier alpha value is -2.59. The van der Waals surface area contributed by atoms with Crippen LogP contribution < -0.4 is 0 Å². The lowest BCUT2D eigenvalue weighted by molar-refractivity contribution is 0.475. The molecule has 0 amide bonds. The Morgan fingerprint density at radius 2 is 1.79 bits per heavy atom. The molecule has 3 nitrogen and oxygen atoms in total. The highest BCUT2D eigenvalue weighted by molar-refractivity contribution is 7.08. The summed E-state index contributed by atoms with van der Waals surface area (Å²) in [7, 11) is 0. The van der Waals surface area contributed by atoms with Crippen LogP contribution in [0, 0.1) is 0 Å². The van der Waals surface area contributed by atoms with Crippen LogP contribution in [0.1, 0.15) is 19.9 Å². The summed E-state index contributed by atoms with van der Waals surface area (Å²) in [5.74, 6) is 0.269. The second-order valence-electron chi connectivity index (χ2n) is 6.15. The molecule has 4 heteroatoms. The molecule has 0 aliphatic carbocycles. The topological polar surface area (TPSA) is 38.0 Å². The van der Waals surface area contributed by atoms with Gasteiger partial charge in [0.15, 0.2) is 0 Å². The third-order valence-electron chi connectivity index (χ3n) is 4.19. The second-order valence-corrected chi connectivity index (χ2v) is 6.93. The van der Waals surface area contributed by atoms with E-state index in [1.165, 1.54) is 11.1 Å². The number of benzene rings is 2. The molecule has 0 radical (unpaired) electrons. The maximum Gasteiger partial charge on any atom is 0.115 e. The van der Waals surface area contributed by atoms with E-state index in [0.29, 0.717) is 0 Å². The summed E-state index contributed by atoms with van der Waals surface area (Å²) >= 11 is 1.70. The molecule has 2 heterocycles. The van der Waals surface area contributed by atoms with E-state index >= 15 is 0 Å². The van der Waals surface area contributed by atoms with E-state index in [4.69, 9.17) is 5.10 Å². The lowest BCUT2D eigenvalue weighted by atomic mass is 10.0. The van der Waals surface area contributed by atoms with Gasteiger partial charge in [0.05, 0.1) is 5.52 Å². The zero-order chi connectivity index (χ0) is 16.7. The van der Waals surface area contributed by atoms with Crippen molar-refractivity contribution in [2.75, 3.05) is 0 Å². The average Bonchev–Trinajstić information content (AvgIpc) is 3.23. The van der Waals surface area contributed by atoms with Gasteiger partial charge in [0.1, 0.15) is 11.4 Å². The first-order valence-corrected chi connectivity index (χ1v) is 8.92. The minimum atomic E-state index is 0.262. The summed E-state index contributed by atoms with van der Waals surface area (Å²) in [6.07, 6.45) is 0. The predicted octanol–water partition coefficient (Wildman–Crippen LogP) is 5.72. The molecule has 0 spiro atoms. The van der Waals surface area contributed by atoms with Crippen molar-refractivity contribution >= 4 is 22.2 Å². The Bertz CT molecular complexity index is 983. The number of para-hydroxylation sites is 1. The van der Waals surface area contributed by atoms with Crippen LogP contribution in [-0.4, -0.2) is 14.9 Å². The van der Waals surface area contributed by atoms with Crippen molar-refractivity contribution < 1.29 is 5.11 Å². The van der Waals surface area contributed by atoms with Crippen LogP contribution in [0.5, 0.6) is 5.75 Å². The van der Waals surface area contributed by atoms with Crippen LogP contribution in [0.15, 0.2) is 59.3 Å². The van der Waals surface area contributed by atoms with E-state index in [1.807, 2.05) is 12.1 Å². The number of thiophene rings is 1. The van der Waals surface area contributed by atoms with Gasteiger partial charge in [-0.15, -0.1) is 0 Å². The molecule has 0 fully saturated rings. The second kappa shape index (κ2) is 5.80. The normalized spacial score (nSPS) is 11.5. The van der Waals surface area contributed by atoms with Crippen molar-refractivity contribution in [2.24, 2.45) is 0 Å². The van der Waals surface area contributed by atoms with Crippen LogP contribution in [0.2, 0.25) is 0 Å². The number of aromatic nitrogens is 2. The maximum absolute atomic E-state index is 9.55. The Labute approximate surface area is 144 Å². The standard InChI is InChI=1S/C20H18N2OS/c1-13(2)22-20-17(15-10-11-24-12-15)4-3-5-18(20)19(21-22)14-6-8-16(23)9-7-14/h3-13,23H,1-2H3. The van der Waals surface area contributed by atoms with Gasteiger partial charge < -0.3 is 5.11 Å². The van der Waals surface area contributed by atoms with E-state index in [2.05, 4.69) is 53.6 Å². The first-order chi connectivity index (χ1) is 11.6. The van der Waals surface area contributed by atoms with Gasteiger partial charge in [-0.25, -0.2) is 0 Å². The van der Waals surface area contributed by atoms with Crippen LogP contribution in [0.4, 0.5) is 0 Å². The molecule has 0 saturated carbocycles. The molecular weight excluding hydrogens is 316 g/mol. The molecule has 0 atom stereocenters. The number of nitrogens with zero attached hydrogens (tertiary/aromatic N) is 2. The number of aromatic hydroxyl groups is 1. The fraction of sp³-hybridized carbons (Fsp3) is 0.150. The highest BCUT2D eigenvalue weighted by Gasteiger charge is 2.18. The van der Waals surface area contributed by atoms with Gasteiger partial charge in [0.2, 0.25) is 0 Å². The molecule has 2 aromatic carbocycles. The van der Waals surface area contributed by atoms with E-state index in [9.17, 15) is 5.11 Å². The monoisotopic (exact) mass is 334 g/mol. The van der Waals surface area contributed by atoms with Crippen molar-refractivity contribution in [3.05, 3.63) is 59.3 Å². The Morgan fingerprint density at radius 3 is 2.46 bits per heavy atom. The molecule has 0 bridgehead atoms. The SMILES string of the molecule is CC(C)n1nc(-c2ccc(O)cc2)c2cccc(-c3ccsc3)c21. The van der Waals surface area contributed by atoms with Crippen molar-refractivity contribution in [3.63, 3.8) is 0 Å². The molecule has 1 N–H and O–H groups in total. The van der Waals surface area contributed by atoms with Crippen LogP contribution in [0.25, 0.3) is 33.3 Å². The average molecular weight is 334 g/mol. The fourth-order valence-electron chi connectivity index (χ4n) is 3.05. The number of rotatable bonds is 3. The third-order valence-corrected chi connectivity index (χ3v) is 4.87. The number of hydrogen-bond acceptors (Lipinski definition) is 3. The molecule has 0 unspecified atom stereocenters. The summed E-state index contributed by atoms with van der Waals surface area (Å²) in [5, 5.41) is 19.9. The van der Waals surface area contributed by atoms with Gasteiger partial charge in [-0.3, -0.25) is 4.68 Å². The first-order valence-electron chi connectivity index (χ1n) is 7.98. The molecule has 4 aromatic rings. The zero-order valence-electron chi connectivity index (χ0n) is 13.6. The summed E-state index contributed by atoms with van der Waals surface area (Å²) in [6.45, 7) is 4.30. The van der Waals surface area contributed by atoms with Crippen LogP contribution in [-0.2, 0) is 0 Å². The van der Waals surface area contributed by atoms with Gasteiger partial charge >= 0.3 is 0 Å². The molecular formula is C20H18N2OS. The molecule has 24 heavy (non-hydrogen) atoms. The number of phenols is 1. The highest BCUT2D eigenvalue weighted by Crippen LogP contribution is 2.37. The number of hydrogen-bond donors (Lipinski definition) is 1. The molecule has 0 aliphatic heterocycles. The maximum atomic E-state index is 9.55. The van der Waals surface area contributed by atoms with Crippen molar-refractivity contribution in [1.82, 2.24) is 9.78 Å². The van der Waals surface area contributed by atoms with Gasteiger partial charge in [-0.1, -0.05) is 18.2 Å². The van der Waals surface area contributed by atoms with Gasteiger partial charge in [0, 0.05) is 22.6 Å². The van der Waals surface area contributed by atoms with Crippen molar-refractivity contribution in [2.45, 2.75) is 19.9 Å². The number of phenolic OH excluding ortho intramolecular Hbond substituents is 1. The van der Waals surface area contributed by atoms with E-state index in [-0.39, 0.29) is 11.8 Å². The fourth-order valence-corrected chi connectivity index (χ4v) is 3.71. The third kappa shape index (κ3) is 2.39. The quantitative estimate of drug-likeness (QED) is 0.520. The van der Waals surface area contributed by atoms with Crippen LogP contribution >= 0.6 is 11.3 Å². The lowest BCUT2D eigenvalue weighted by Gasteiger charge is -2.10. The van der Waals surface area contributed by atoms with Gasteiger partial charge in [-0.05, 0) is 60.5 Å². The highest BCUT2D eigenvalue weighted by atomic mass is 32.1. The van der Waals surface area contributed by atoms with Gasteiger partial charge in [-0.2, -0.15) is 16.4 Å². The van der Waals surface area contributed by atoms with Crippen molar-refractivity contribution in [3.8, 4) is 28.1 Å². The molecule has 0 aliphatic rings. The van der Waals surface area contributed by atoms with E-state index in [0.717, 1.165) is 22.2 Å².